The number of aliphatic hydroxyl groups excluding tert-OH is 1. The van der Waals surface area contributed by atoms with Crippen LogP contribution in [0.25, 0.3) is 0 Å². The summed E-state index contributed by atoms with van der Waals surface area (Å²) in [6.07, 6.45) is -0.450. The van der Waals surface area contributed by atoms with Crippen LogP contribution in [0.2, 0.25) is 0 Å². The van der Waals surface area contributed by atoms with Gasteiger partial charge in [-0.25, -0.2) is 0 Å². The molecule has 0 radical (unpaired) electrons. The molecule has 2 aromatic rings. The number of aliphatic hydroxyl groups is 1. The van der Waals surface area contributed by atoms with Crippen LogP contribution in [0.1, 0.15) is 24.2 Å². The highest BCUT2D eigenvalue weighted by molar-refractivity contribution is 5.52. The van der Waals surface area contributed by atoms with Crippen molar-refractivity contribution in [2.24, 2.45) is 0 Å². The predicted molar refractivity (Wildman–Crippen MR) is 70.8 cm³/mol. The van der Waals surface area contributed by atoms with Gasteiger partial charge in [0, 0.05) is 17.8 Å². The lowest BCUT2D eigenvalue weighted by Gasteiger charge is -2.13. The van der Waals surface area contributed by atoms with E-state index in [2.05, 4.69) is 17.4 Å². The van der Waals surface area contributed by atoms with E-state index in [9.17, 15) is 5.11 Å². The van der Waals surface area contributed by atoms with Gasteiger partial charge in [-0.2, -0.15) is 0 Å². The van der Waals surface area contributed by atoms with Crippen molar-refractivity contribution in [3.63, 3.8) is 0 Å². The van der Waals surface area contributed by atoms with Crippen LogP contribution in [0.3, 0.4) is 0 Å². The van der Waals surface area contributed by atoms with E-state index in [1.807, 2.05) is 42.5 Å². The van der Waals surface area contributed by atoms with Crippen LogP contribution in [0.4, 0.5) is 5.69 Å². The summed E-state index contributed by atoms with van der Waals surface area (Å²) in [5, 5.41) is 13.0. The Balaban J connectivity index is 2.09. The monoisotopic (exact) mass is 227 g/mol. The summed E-state index contributed by atoms with van der Waals surface area (Å²) in [5.41, 5.74) is 3.16. The maximum absolute atomic E-state index is 9.66. The first kappa shape index (κ1) is 11.7. The lowest BCUT2D eigenvalue weighted by Crippen LogP contribution is -2.03. The van der Waals surface area contributed by atoms with Gasteiger partial charge in [0.15, 0.2) is 0 Å². The first-order valence-electron chi connectivity index (χ1n) is 5.82. The van der Waals surface area contributed by atoms with E-state index < -0.39 is 6.10 Å². The Morgan fingerprint density at radius 2 is 1.65 bits per heavy atom. The molecule has 0 aliphatic carbocycles. The average molecular weight is 227 g/mol. The molecule has 1 unspecified atom stereocenters. The highest BCUT2D eigenvalue weighted by atomic mass is 16.3. The lowest BCUT2D eigenvalue weighted by atomic mass is 10.1. The molecule has 0 saturated carbocycles. The van der Waals surface area contributed by atoms with E-state index in [0.717, 1.165) is 17.8 Å². The molecule has 0 bridgehead atoms. The number of hydrogen-bond acceptors (Lipinski definition) is 2. The van der Waals surface area contributed by atoms with Gasteiger partial charge >= 0.3 is 0 Å². The fraction of sp³-hybridized carbons (Fsp3) is 0.200. The van der Waals surface area contributed by atoms with Gasteiger partial charge in [-0.3, -0.25) is 0 Å². The first-order chi connectivity index (χ1) is 8.27. The fourth-order valence-electron chi connectivity index (χ4n) is 1.82. The number of nitrogens with one attached hydrogen (secondary N) is 1. The second-order valence-electron chi connectivity index (χ2n) is 4.10. The van der Waals surface area contributed by atoms with Crippen molar-refractivity contribution in [2.75, 3.05) is 5.32 Å². The molecule has 0 aliphatic heterocycles. The van der Waals surface area contributed by atoms with E-state index in [-0.39, 0.29) is 0 Å². The summed E-state index contributed by atoms with van der Waals surface area (Å²) in [5.74, 6) is 0. The van der Waals surface area contributed by atoms with Crippen LogP contribution in [-0.2, 0) is 6.54 Å². The van der Waals surface area contributed by atoms with Crippen LogP contribution in [-0.4, -0.2) is 5.11 Å². The van der Waals surface area contributed by atoms with Crippen molar-refractivity contribution in [3.05, 3.63) is 65.7 Å². The second kappa shape index (κ2) is 5.51. The minimum absolute atomic E-state index is 0.450. The third kappa shape index (κ3) is 3.08. The van der Waals surface area contributed by atoms with Crippen molar-refractivity contribution < 1.29 is 5.11 Å². The van der Waals surface area contributed by atoms with Crippen molar-refractivity contribution in [1.82, 2.24) is 0 Å². The Hall–Kier alpha value is -1.80. The smallest absolute Gasteiger partial charge is 0.0781 e. The molecule has 88 valence electrons. The zero-order chi connectivity index (χ0) is 12.1. The Bertz CT molecular complexity index is 465. The third-order valence-electron chi connectivity index (χ3n) is 2.74. The normalized spacial score (nSPS) is 12.1. The van der Waals surface area contributed by atoms with Crippen molar-refractivity contribution in [2.45, 2.75) is 19.6 Å². The highest BCUT2D eigenvalue weighted by Gasteiger charge is 2.06. The Morgan fingerprint density at radius 1 is 1.00 bits per heavy atom. The van der Waals surface area contributed by atoms with Crippen LogP contribution >= 0.6 is 0 Å². The van der Waals surface area contributed by atoms with Gasteiger partial charge in [0.05, 0.1) is 6.10 Å². The van der Waals surface area contributed by atoms with Crippen LogP contribution < -0.4 is 5.32 Å². The largest absolute Gasteiger partial charge is 0.389 e. The fourth-order valence-corrected chi connectivity index (χ4v) is 1.82. The number of para-hydroxylation sites is 1. The molecule has 0 fully saturated rings. The molecule has 0 saturated heterocycles. The molecule has 2 aromatic carbocycles. The lowest BCUT2D eigenvalue weighted by molar-refractivity contribution is 0.200. The number of anilines is 1. The summed E-state index contributed by atoms with van der Waals surface area (Å²) in [4.78, 5) is 0. The van der Waals surface area contributed by atoms with E-state index in [1.54, 1.807) is 6.92 Å². The molecule has 0 spiro atoms. The highest BCUT2D eigenvalue weighted by Crippen LogP contribution is 2.22. The molecule has 17 heavy (non-hydrogen) atoms. The minimum atomic E-state index is -0.450. The molecule has 0 amide bonds. The Kier molecular flexibility index (Phi) is 3.78. The van der Waals surface area contributed by atoms with Gasteiger partial charge in [0.25, 0.3) is 0 Å². The van der Waals surface area contributed by atoms with Crippen LogP contribution in [0.5, 0.6) is 0 Å². The molecule has 1 atom stereocenters. The van der Waals surface area contributed by atoms with Crippen LogP contribution in [0, 0.1) is 0 Å². The molecular formula is C15H17NO. The van der Waals surface area contributed by atoms with Crippen molar-refractivity contribution in [1.29, 1.82) is 0 Å². The molecule has 2 heteroatoms. The quantitative estimate of drug-likeness (QED) is 0.839. The van der Waals surface area contributed by atoms with E-state index >= 15 is 0 Å². The zero-order valence-corrected chi connectivity index (χ0v) is 9.93. The number of hydrogen-bond donors (Lipinski definition) is 2. The van der Waals surface area contributed by atoms with Gasteiger partial charge in [-0.1, -0.05) is 48.5 Å². The van der Waals surface area contributed by atoms with Gasteiger partial charge in [-0.15, -0.1) is 0 Å². The molecule has 2 rings (SSSR count). The zero-order valence-electron chi connectivity index (χ0n) is 9.93. The molecule has 0 heterocycles. The summed E-state index contributed by atoms with van der Waals surface area (Å²) < 4.78 is 0. The van der Waals surface area contributed by atoms with Gasteiger partial charge in [0.2, 0.25) is 0 Å². The predicted octanol–water partition coefficient (Wildman–Crippen LogP) is 3.35. The average Bonchev–Trinajstić information content (AvgIpc) is 2.38. The topological polar surface area (TPSA) is 32.3 Å². The Labute approximate surface area is 102 Å². The van der Waals surface area contributed by atoms with Crippen LogP contribution in [0.15, 0.2) is 54.6 Å². The number of rotatable bonds is 4. The SMILES string of the molecule is CC(O)c1ccccc1NCc1ccccc1. The maximum atomic E-state index is 9.66. The summed E-state index contributed by atoms with van der Waals surface area (Å²) in [7, 11) is 0. The van der Waals surface area contributed by atoms with Gasteiger partial charge in [0.1, 0.15) is 0 Å². The number of benzene rings is 2. The summed E-state index contributed by atoms with van der Waals surface area (Å²) in [6.45, 7) is 2.55. The summed E-state index contributed by atoms with van der Waals surface area (Å²) >= 11 is 0. The van der Waals surface area contributed by atoms with E-state index in [1.165, 1.54) is 5.56 Å². The van der Waals surface area contributed by atoms with Crippen molar-refractivity contribution >= 4 is 5.69 Å². The Morgan fingerprint density at radius 3 is 2.35 bits per heavy atom. The third-order valence-corrected chi connectivity index (χ3v) is 2.74. The molecule has 2 N–H and O–H groups in total. The maximum Gasteiger partial charge on any atom is 0.0781 e. The van der Waals surface area contributed by atoms with Crippen molar-refractivity contribution in [3.8, 4) is 0 Å². The standard InChI is InChI=1S/C15H17NO/c1-12(17)14-9-5-6-10-15(14)16-11-13-7-3-2-4-8-13/h2-10,12,16-17H,11H2,1H3. The minimum Gasteiger partial charge on any atom is -0.389 e. The van der Waals surface area contributed by atoms with E-state index in [4.69, 9.17) is 0 Å². The first-order valence-corrected chi connectivity index (χ1v) is 5.82. The molecule has 2 nitrogen and oxygen atoms in total. The molecule has 0 aromatic heterocycles. The van der Waals surface area contributed by atoms with Gasteiger partial charge < -0.3 is 10.4 Å². The molecule has 0 aliphatic rings. The second-order valence-corrected chi connectivity index (χ2v) is 4.10. The molecular weight excluding hydrogens is 210 g/mol. The summed E-state index contributed by atoms with van der Waals surface area (Å²) in [6, 6.07) is 18.1. The van der Waals surface area contributed by atoms with E-state index in [0.29, 0.717) is 0 Å². The van der Waals surface area contributed by atoms with Gasteiger partial charge in [-0.05, 0) is 18.6 Å².